The Kier molecular flexibility index (Phi) is 4.39. The molecule has 4 rings (SSSR count). The quantitative estimate of drug-likeness (QED) is 0.515. The minimum absolute atomic E-state index is 0.0650. The van der Waals surface area contributed by atoms with Crippen molar-refractivity contribution in [2.45, 2.75) is 20.0 Å². The van der Waals surface area contributed by atoms with E-state index in [4.69, 9.17) is 12.2 Å². The van der Waals surface area contributed by atoms with Gasteiger partial charge in [-0.25, -0.2) is 4.98 Å². The van der Waals surface area contributed by atoms with Crippen LogP contribution in [0.3, 0.4) is 0 Å². The number of aryl methyl sites for hydroxylation is 1. The van der Waals surface area contributed by atoms with Gasteiger partial charge in [0.2, 0.25) is 11.9 Å². The summed E-state index contributed by atoms with van der Waals surface area (Å²) in [7, 11) is 0. The van der Waals surface area contributed by atoms with Crippen LogP contribution in [-0.4, -0.2) is 30.2 Å². The molecule has 0 aliphatic carbocycles. The van der Waals surface area contributed by atoms with Crippen LogP contribution in [0.15, 0.2) is 41.8 Å². The van der Waals surface area contributed by atoms with Gasteiger partial charge in [0.15, 0.2) is 10.6 Å². The molecule has 26 heavy (non-hydrogen) atoms. The first-order chi connectivity index (χ1) is 12.7. The maximum absolute atomic E-state index is 12.6. The lowest BCUT2D eigenvalue weighted by Crippen LogP contribution is -2.21. The summed E-state index contributed by atoms with van der Waals surface area (Å²) in [4.78, 5) is 18.1. The van der Waals surface area contributed by atoms with Crippen LogP contribution in [-0.2, 0) is 17.9 Å². The largest absolute Gasteiger partial charge is 0.310 e. The van der Waals surface area contributed by atoms with Gasteiger partial charge in [0.05, 0.1) is 15.9 Å². The molecule has 0 radical (unpaired) electrons. The van der Waals surface area contributed by atoms with Gasteiger partial charge in [0, 0.05) is 6.54 Å². The first kappa shape index (κ1) is 16.7. The summed E-state index contributed by atoms with van der Waals surface area (Å²) in [6, 6.07) is 11.7. The molecule has 0 aliphatic rings. The number of rotatable bonds is 5. The van der Waals surface area contributed by atoms with Crippen molar-refractivity contribution in [3.05, 3.63) is 46.5 Å². The number of anilines is 1. The molecule has 1 amide bonds. The molecule has 0 bridgehead atoms. The number of imidazole rings is 1. The van der Waals surface area contributed by atoms with Crippen LogP contribution in [0, 0.1) is 4.77 Å². The Morgan fingerprint density at radius 3 is 2.88 bits per heavy atom. The smallest absolute Gasteiger partial charge is 0.246 e. The Hall–Kier alpha value is -2.78. The van der Waals surface area contributed by atoms with Gasteiger partial charge in [0.25, 0.3) is 0 Å². The number of nitrogens with one attached hydrogen (secondary N) is 2. The number of aromatic nitrogens is 5. The van der Waals surface area contributed by atoms with E-state index in [-0.39, 0.29) is 12.5 Å². The fourth-order valence-electron chi connectivity index (χ4n) is 2.86. The number of aromatic amines is 1. The summed E-state index contributed by atoms with van der Waals surface area (Å²) in [5.74, 6) is 0.987. The number of thiophene rings is 1. The van der Waals surface area contributed by atoms with E-state index in [0.717, 1.165) is 15.9 Å². The Morgan fingerprint density at radius 2 is 2.12 bits per heavy atom. The van der Waals surface area contributed by atoms with Gasteiger partial charge in [0.1, 0.15) is 6.54 Å². The average molecular weight is 384 g/mol. The van der Waals surface area contributed by atoms with Gasteiger partial charge in [-0.15, -0.1) is 11.3 Å². The maximum Gasteiger partial charge on any atom is 0.246 e. The zero-order valence-electron chi connectivity index (χ0n) is 14.0. The Balaban J connectivity index is 1.61. The average Bonchev–Trinajstić information content (AvgIpc) is 3.34. The number of hydrogen-bond donors (Lipinski definition) is 2. The Bertz CT molecular complexity index is 1120. The van der Waals surface area contributed by atoms with Crippen LogP contribution in [0.2, 0.25) is 0 Å². The molecule has 0 unspecified atom stereocenters. The monoisotopic (exact) mass is 384 g/mol. The second-order valence-electron chi connectivity index (χ2n) is 5.63. The maximum atomic E-state index is 12.6. The standard InChI is InChI=1S/C17H16N6OS2/c1-2-22-12-7-4-3-6-11(12)18-16(22)19-14(24)10-23-15(20-21-17(23)25)13-8-5-9-26-13/h3-9H,2,10H2,1H3,(H,21,25)(H,18,19,24). The van der Waals surface area contributed by atoms with Gasteiger partial charge in [-0.05, 0) is 42.7 Å². The van der Waals surface area contributed by atoms with Gasteiger partial charge in [-0.1, -0.05) is 18.2 Å². The lowest BCUT2D eigenvalue weighted by Gasteiger charge is -2.09. The van der Waals surface area contributed by atoms with Crippen LogP contribution < -0.4 is 5.32 Å². The molecule has 4 aromatic rings. The van der Waals surface area contributed by atoms with Crippen molar-refractivity contribution in [2.24, 2.45) is 0 Å². The Labute approximate surface area is 158 Å². The molecule has 3 aromatic heterocycles. The molecule has 0 atom stereocenters. The van der Waals surface area contributed by atoms with Crippen molar-refractivity contribution in [3.8, 4) is 10.7 Å². The highest BCUT2D eigenvalue weighted by Crippen LogP contribution is 2.23. The van der Waals surface area contributed by atoms with E-state index in [1.165, 1.54) is 0 Å². The van der Waals surface area contributed by atoms with E-state index in [1.807, 2.05) is 53.3 Å². The SMILES string of the molecule is CCn1c(NC(=O)Cn2c(-c3cccs3)n[nH]c2=S)nc2ccccc21. The second-order valence-corrected chi connectivity index (χ2v) is 6.97. The van der Waals surface area contributed by atoms with Gasteiger partial charge >= 0.3 is 0 Å². The minimum Gasteiger partial charge on any atom is -0.310 e. The fraction of sp³-hybridized carbons (Fsp3) is 0.176. The van der Waals surface area contributed by atoms with E-state index >= 15 is 0 Å². The van der Waals surface area contributed by atoms with Crippen molar-refractivity contribution < 1.29 is 4.79 Å². The topological polar surface area (TPSA) is 80.5 Å². The molecule has 0 saturated carbocycles. The molecular formula is C17H16N6OS2. The molecule has 0 aliphatic heterocycles. The highest BCUT2D eigenvalue weighted by atomic mass is 32.1. The predicted molar refractivity (Wildman–Crippen MR) is 105 cm³/mol. The number of nitrogens with zero attached hydrogens (tertiary/aromatic N) is 4. The lowest BCUT2D eigenvalue weighted by molar-refractivity contribution is -0.116. The molecule has 0 saturated heterocycles. The number of H-pyrrole nitrogens is 1. The van der Waals surface area contributed by atoms with Crippen molar-refractivity contribution in [3.63, 3.8) is 0 Å². The van der Waals surface area contributed by atoms with E-state index in [9.17, 15) is 4.79 Å². The van der Waals surface area contributed by atoms with E-state index in [2.05, 4.69) is 20.5 Å². The first-order valence-corrected chi connectivity index (χ1v) is 9.40. The third-order valence-corrected chi connectivity index (χ3v) is 5.20. The molecule has 1 aromatic carbocycles. The molecule has 2 N–H and O–H groups in total. The number of carbonyl (C=O) groups is 1. The number of benzene rings is 1. The summed E-state index contributed by atoms with van der Waals surface area (Å²) in [5, 5.41) is 11.9. The van der Waals surface area contributed by atoms with Crippen LogP contribution >= 0.6 is 23.6 Å². The summed E-state index contributed by atoms with van der Waals surface area (Å²) >= 11 is 6.83. The molecule has 132 valence electrons. The molecule has 0 fully saturated rings. The van der Waals surface area contributed by atoms with E-state index in [1.54, 1.807) is 15.9 Å². The molecule has 3 heterocycles. The third-order valence-electron chi connectivity index (χ3n) is 4.02. The van der Waals surface area contributed by atoms with Crippen LogP contribution in [0.5, 0.6) is 0 Å². The number of carbonyl (C=O) groups excluding carboxylic acids is 1. The van der Waals surface area contributed by atoms with E-state index < -0.39 is 0 Å². The highest BCUT2D eigenvalue weighted by Gasteiger charge is 2.16. The zero-order chi connectivity index (χ0) is 18.1. The number of fused-ring (bicyclic) bond motifs is 1. The molecule has 7 nitrogen and oxygen atoms in total. The van der Waals surface area contributed by atoms with Crippen molar-refractivity contribution in [1.82, 2.24) is 24.3 Å². The minimum atomic E-state index is -0.203. The summed E-state index contributed by atoms with van der Waals surface area (Å²) < 4.78 is 4.07. The molecule has 9 heteroatoms. The van der Waals surface area contributed by atoms with Crippen molar-refractivity contribution in [1.29, 1.82) is 0 Å². The molecule has 0 spiro atoms. The summed E-state index contributed by atoms with van der Waals surface area (Å²) in [6.07, 6.45) is 0. The highest BCUT2D eigenvalue weighted by molar-refractivity contribution is 7.71. The van der Waals surface area contributed by atoms with Crippen LogP contribution in [0.4, 0.5) is 5.95 Å². The molecular weight excluding hydrogens is 368 g/mol. The number of hydrogen-bond acceptors (Lipinski definition) is 5. The normalized spacial score (nSPS) is 11.1. The van der Waals surface area contributed by atoms with Crippen molar-refractivity contribution >= 4 is 46.4 Å². The number of para-hydroxylation sites is 2. The predicted octanol–water partition coefficient (Wildman–Crippen LogP) is 3.68. The van der Waals surface area contributed by atoms with Gasteiger partial charge < -0.3 is 4.57 Å². The van der Waals surface area contributed by atoms with Crippen LogP contribution in [0.1, 0.15) is 6.92 Å². The lowest BCUT2D eigenvalue weighted by atomic mass is 10.3. The first-order valence-electron chi connectivity index (χ1n) is 8.11. The van der Waals surface area contributed by atoms with E-state index in [0.29, 0.717) is 23.1 Å². The van der Waals surface area contributed by atoms with Gasteiger partial charge in [-0.3, -0.25) is 19.8 Å². The zero-order valence-corrected chi connectivity index (χ0v) is 15.6. The number of amides is 1. The fourth-order valence-corrected chi connectivity index (χ4v) is 3.78. The van der Waals surface area contributed by atoms with Gasteiger partial charge in [-0.2, -0.15) is 5.10 Å². The second kappa shape index (κ2) is 6.85. The van der Waals surface area contributed by atoms with Crippen LogP contribution in [0.25, 0.3) is 21.7 Å². The Morgan fingerprint density at radius 1 is 1.27 bits per heavy atom. The third kappa shape index (κ3) is 2.95. The summed E-state index contributed by atoms with van der Waals surface area (Å²) in [6.45, 7) is 2.79. The van der Waals surface area contributed by atoms with Crippen molar-refractivity contribution in [2.75, 3.05) is 5.32 Å². The summed E-state index contributed by atoms with van der Waals surface area (Å²) in [5.41, 5.74) is 1.84.